The van der Waals surface area contributed by atoms with E-state index in [9.17, 15) is 0 Å². The summed E-state index contributed by atoms with van der Waals surface area (Å²) < 4.78 is 1.83. The van der Waals surface area contributed by atoms with Crippen molar-refractivity contribution in [1.29, 1.82) is 0 Å². The molecule has 4 nitrogen and oxygen atoms in total. The molecular weight excluding hydrogens is 280 g/mol. The summed E-state index contributed by atoms with van der Waals surface area (Å²) in [5.74, 6) is 2.66. The van der Waals surface area contributed by atoms with Crippen LogP contribution in [0.5, 0.6) is 0 Å². The van der Waals surface area contributed by atoms with Gasteiger partial charge in [-0.05, 0) is 11.6 Å². The fourth-order valence-corrected chi connectivity index (χ4v) is 1.91. The standard InChI is InChI=1S/C12H15BrN4/c1-3-10-15-11(4-2)17(16-10)12-6-5-9(7-13)8-14-12/h5-6,8H,3-4,7H2,1-2H3. The van der Waals surface area contributed by atoms with Crippen LogP contribution < -0.4 is 0 Å². The second-order valence-corrected chi connectivity index (χ2v) is 4.28. The lowest BCUT2D eigenvalue weighted by atomic mass is 10.3. The Labute approximate surface area is 109 Å². The van der Waals surface area contributed by atoms with Crippen LogP contribution >= 0.6 is 15.9 Å². The summed E-state index contributed by atoms with van der Waals surface area (Å²) >= 11 is 3.41. The van der Waals surface area contributed by atoms with Crippen LogP contribution in [0.1, 0.15) is 31.1 Å². The molecule has 0 radical (unpaired) electrons. The van der Waals surface area contributed by atoms with Gasteiger partial charge in [0.05, 0.1) is 0 Å². The van der Waals surface area contributed by atoms with Gasteiger partial charge in [0.25, 0.3) is 0 Å². The summed E-state index contributed by atoms with van der Waals surface area (Å²) in [6.07, 6.45) is 3.56. The van der Waals surface area contributed by atoms with Crippen molar-refractivity contribution in [3.8, 4) is 5.82 Å². The molecule has 0 aliphatic rings. The van der Waals surface area contributed by atoms with Crippen molar-refractivity contribution in [2.24, 2.45) is 0 Å². The van der Waals surface area contributed by atoms with Crippen molar-refractivity contribution in [3.63, 3.8) is 0 Å². The molecule has 0 fully saturated rings. The third-order valence-corrected chi connectivity index (χ3v) is 3.18. The molecule has 0 N–H and O–H groups in total. The van der Waals surface area contributed by atoms with Crippen LogP contribution in [0.25, 0.3) is 5.82 Å². The number of aryl methyl sites for hydroxylation is 2. The molecular formula is C12H15BrN4. The predicted molar refractivity (Wildman–Crippen MR) is 70.5 cm³/mol. The average Bonchev–Trinajstić information content (AvgIpc) is 2.82. The Morgan fingerprint density at radius 1 is 1.24 bits per heavy atom. The van der Waals surface area contributed by atoms with Gasteiger partial charge in [0.2, 0.25) is 0 Å². The Kier molecular flexibility index (Phi) is 3.89. The maximum absolute atomic E-state index is 4.47. The van der Waals surface area contributed by atoms with Crippen molar-refractivity contribution in [2.45, 2.75) is 32.0 Å². The normalized spacial score (nSPS) is 10.8. The molecule has 17 heavy (non-hydrogen) atoms. The Morgan fingerprint density at radius 2 is 2.06 bits per heavy atom. The van der Waals surface area contributed by atoms with Crippen molar-refractivity contribution >= 4 is 15.9 Å². The molecule has 90 valence electrons. The van der Waals surface area contributed by atoms with Gasteiger partial charge in [0, 0.05) is 24.4 Å². The monoisotopic (exact) mass is 294 g/mol. The van der Waals surface area contributed by atoms with Gasteiger partial charge >= 0.3 is 0 Å². The maximum atomic E-state index is 4.47. The highest BCUT2D eigenvalue weighted by atomic mass is 79.9. The molecule has 0 spiro atoms. The molecule has 0 unspecified atom stereocenters. The highest BCUT2D eigenvalue weighted by Gasteiger charge is 2.09. The molecule has 0 aliphatic carbocycles. The zero-order valence-electron chi connectivity index (χ0n) is 10.0. The lowest BCUT2D eigenvalue weighted by Crippen LogP contribution is -2.04. The smallest absolute Gasteiger partial charge is 0.155 e. The Hall–Kier alpha value is -1.23. The first-order valence-corrected chi connectivity index (χ1v) is 6.86. The zero-order chi connectivity index (χ0) is 12.3. The molecule has 2 aromatic rings. The van der Waals surface area contributed by atoms with E-state index in [4.69, 9.17) is 0 Å². The van der Waals surface area contributed by atoms with Gasteiger partial charge in [0.1, 0.15) is 5.82 Å². The van der Waals surface area contributed by atoms with Crippen LogP contribution in [-0.2, 0) is 18.2 Å². The first-order valence-electron chi connectivity index (χ1n) is 5.74. The zero-order valence-corrected chi connectivity index (χ0v) is 11.6. The number of aromatic nitrogens is 4. The number of rotatable bonds is 4. The van der Waals surface area contributed by atoms with E-state index in [2.05, 4.69) is 44.8 Å². The fourth-order valence-electron chi connectivity index (χ4n) is 1.57. The molecule has 0 aliphatic heterocycles. The third-order valence-electron chi connectivity index (χ3n) is 2.53. The molecule has 2 rings (SSSR count). The highest BCUT2D eigenvalue weighted by molar-refractivity contribution is 9.08. The van der Waals surface area contributed by atoms with Gasteiger partial charge < -0.3 is 0 Å². The summed E-state index contributed by atoms with van der Waals surface area (Å²) in [4.78, 5) is 8.88. The number of alkyl halides is 1. The second kappa shape index (κ2) is 5.40. The molecule has 0 aromatic carbocycles. The van der Waals surface area contributed by atoms with E-state index < -0.39 is 0 Å². The summed E-state index contributed by atoms with van der Waals surface area (Å²) in [6, 6.07) is 4.02. The van der Waals surface area contributed by atoms with E-state index >= 15 is 0 Å². The van der Waals surface area contributed by atoms with Gasteiger partial charge in [0.15, 0.2) is 11.6 Å². The topological polar surface area (TPSA) is 43.6 Å². The first kappa shape index (κ1) is 12.2. The molecule has 5 heteroatoms. The number of hydrogen-bond acceptors (Lipinski definition) is 3. The highest BCUT2D eigenvalue weighted by Crippen LogP contribution is 2.11. The van der Waals surface area contributed by atoms with E-state index in [1.54, 1.807) is 0 Å². The number of hydrogen-bond donors (Lipinski definition) is 0. The van der Waals surface area contributed by atoms with Crippen LogP contribution in [0.4, 0.5) is 0 Å². The molecule has 0 saturated heterocycles. The van der Waals surface area contributed by atoms with Gasteiger partial charge in [-0.25, -0.2) is 9.97 Å². The van der Waals surface area contributed by atoms with Crippen molar-refractivity contribution in [1.82, 2.24) is 19.7 Å². The number of nitrogens with zero attached hydrogens (tertiary/aromatic N) is 4. The van der Waals surface area contributed by atoms with E-state index in [-0.39, 0.29) is 0 Å². The minimum absolute atomic E-state index is 0.818. The summed E-state index contributed by atoms with van der Waals surface area (Å²) in [5, 5.41) is 5.27. The van der Waals surface area contributed by atoms with Gasteiger partial charge in [-0.1, -0.05) is 35.8 Å². The molecule has 0 bridgehead atoms. The maximum Gasteiger partial charge on any atom is 0.155 e. The molecule has 0 saturated carbocycles. The second-order valence-electron chi connectivity index (χ2n) is 3.72. The van der Waals surface area contributed by atoms with Crippen LogP contribution in [0.15, 0.2) is 18.3 Å². The van der Waals surface area contributed by atoms with Crippen LogP contribution in [0, 0.1) is 0 Å². The Bertz CT molecular complexity index is 490. The van der Waals surface area contributed by atoms with E-state index in [1.807, 2.05) is 23.0 Å². The van der Waals surface area contributed by atoms with Gasteiger partial charge in [-0.3, -0.25) is 0 Å². The number of halogens is 1. The minimum atomic E-state index is 0.818. The minimum Gasteiger partial charge on any atom is -0.237 e. The van der Waals surface area contributed by atoms with Crippen molar-refractivity contribution < 1.29 is 0 Å². The summed E-state index contributed by atoms with van der Waals surface area (Å²) in [5.41, 5.74) is 1.16. The van der Waals surface area contributed by atoms with Gasteiger partial charge in [-0.2, -0.15) is 4.68 Å². The Morgan fingerprint density at radius 3 is 2.59 bits per heavy atom. The molecule has 0 atom stereocenters. The molecule has 2 heterocycles. The lowest BCUT2D eigenvalue weighted by molar-refractivity contribution is 0.768. The van der Waals surface area contributed by atoms with Crippen LogP contribution in [-0.4, -0.2) is 19.7 Å². The van der Waals surface area contributed by atoms with Crippen LogP contribution in [0.3, 0.4) is 0 Å². The first-order chi connectivity index (χ1) is 8.28. The third kappa shape index (κ3) is 2.54. The van der Waals surface area contributed by atoms with E-state index in [0.717, 1.165) is 41.2 Å². The molecule has 0 amide bonds. The Balaban J connectivity index is 2.40. The average molecular weight is 295 g/mol. The lowest BCUT2D eigenvalue weighted by Gasteiger charge is -2.03. The number of pyridine rings is 1. The molecule has 2 aromatic heterocycles. The fraction of sp³-hybridized carbons (Fsp3) is 0.417. The summed E-state index contributed by atoms with van der Waals surface area (Å²) in [7, 11) is 0. The van der Waals surface area contributed by atoms with E-state index in [0.29, 0.717) is 0 Å². The van der Waals surface area contributed by atoms with Crippen LogP contribution in [0.2, 0.25) is 0 Å². The van der Waals surface area contributed by atoms with E-state index in [1.165, 1.54) is 0 Å². The SMILES string of the molecule is CCc1nc(CC)n(-c2ccc(CBr)cn2)n1. The van der Waals surface area contributed by atoms with Gasteiger partial charge in [-0.15, -0.1) is 5.10 Å². The quantitative estimate of drug-likeness (QED) is 0.815. The predicted octanol–water partition coefficient (Wildman–Crippen LogP) is 2.68. The largest absolute Gasteiger partial charge is 0.237 e. The van der Waals surface area contributed by atoms with Crippen molar-refractivity contribution in [2.75, 3.05) is 0 Å². The van der Waals surface area contributed by atoms with Crippen molar-refractivity contribution in [3.05, 3.63) is 35.5 Å². The summed E-state index contributed by atoms with van der Waals surface area (Å²) in [6.45, 7) is 4.13.